The Morgan fingerprint density at radius 2 is 1.87 bits per heavy atom. The Kier molecular flexibility index (Phi) is 2.55. The van der Waals surface area contributed by atoms with Crippen molar-refractivity contribution >= 4 is 22.5 Å². The molecule has 0 heterocycles. The Morgan fingerprint density at radius 3 is 2.67 bits per heavy atom. The van der Waals surface area contributed by atoms with E-state index >= 15 is 0 Å². The summed E-state index contributed by atoms with van der Waals surface area (Å²) >= 11 is 0. The summed E-state index contributed by atoms with van der Waals surface area (Å²) in [5.41, 5.74) is 7.80. The van der Waals surface area contributed by atoms with Crippen molar-refractivity contribution in [2.45, 2.75) is 0 Å². The molecular formula is C14H13N. The van der Waals surface area contributed by atoms with Crippen molar-refractivity contribution < 1.29 is 0 Å². The third-order valence-electron chi connectivity index (χ3n) is 2.40. The first kappa shape index (κ1) is 9.53. The Bertz CT molecular complexity index is 524. The van der Waals surface area contributed by atoms with Crippen LogP contribution in [0.4, 0.5) is 5.69 Å². The van der Waals surface area contributed by atoms with Crippen LogP contribution in [-0.4, -0.2) is 0 Å². The number of benzene rings is 2. The van der Waals surface area contributed by atoms with E-state index < -0.39 is 0 Å². The molecule has 0 bridgehead atoms. The summed E-state index contributed by atoms with van der Waals surface area (Å²) < 4.78 is 0. The van der Waals surface area contributed by atoms with Crippen LogP contribution < -0.4 is 5.73 Å². The Hall–Kier alpha value is -2.02. The van der Waals surface area contributed by atoms with Gasteiger partial charge >= 0.3 is 0 Å². The summed E-state index contributed by atoms with van der Waals surface area (Å²) in [6, 6.07) is 12.2. The minimum absolute atomic E-state index is 0.798. The molecule has 0 spiro atoms. The van der Waals surface area contributed by atoms with Crippen molar-refractivity contribution in [2.24, 2.45) is 0 Å². The van der Waals surface area contributed by atoms with E-state index in [1.54, 1.807) is 6.08 Å². The molecule has 2 N–H and O–H groups in total. The van der Waals surface area contributed by atoms with E-state index in [0.717, 1.165) is 11.3 Å². The number of fused-ring (bicyclic) bond motifs is 1. The SMILES string of the molecule is C=C/C=C\c1c(N)ccc2ccccc12. The Labute approximate surface area is 89.5 Å². The van der Waals surface area contributed by atoms with Crippen molar-refractivity contribution in [3.8, 4) is 0 Å². The van der Waals surface area contributed by atoms with Crippen molar-refractivity contribution in [3.05, 3.63) is 60.7 Å². The third kappa shape index (κ3) is 1.77. The van der Waals surface area contributed by atoms with Crippen LogP contribution in [-0.2, 0) is 0 Å². The fraction of sp³-hybridized carbons (Fsp3) is 0. The highest BCUT2D eigenvalue weighted by Crippen LogP contribution is 2.25. The third-order valence-corrected chi connectivity index (χ3v) is 2.40. The van der Waals surface area contributed by atoms with E-state index in [4.69, 9.17) is 5.73 Å². The summed E-state index contributed by atoms with van der Waals surface area (Å²) in [5, 5.41) is 2.38. The zero-order valence-electron chi connectivity index (χ0n) is 8.48. The van der Waals surface area contributed by atoms with Crippen LogP contribution in [0.2, 0.25) is 0 Å². The molecule has 0 aliphatic heterocycles. The summed E-state index contributed by atoms with van der Waals surface area (Å²) in [7, 11) is 0. The molecule has 0 amide bonds. The van der Waals surface area contributed by atoms with Crippen LogP contribution in [0.5, 0.6) is 0 Å². The number of hydrogen-bond acceptors (Lipinski definition) is 1. The molecule has 0 atom stereocenters. The fourth-order valence-corrected chi connectivity index (χ4v) is 1.66. The maximum Gasteiger partial charge on any atom is 0.0394 e. The van der Waals surface area contributed by atoms with Crippen molar-refractivity contribution in [2.75, 3.05) is 5.73 Å². The van der Waals surface area contributed by atoms with Gasteiger partial charge in [0.1, 0.15) is 0 Å². The molecule has 0 aromatic heterocycles. The predicted molar refractivity (Wildman–Crippen MR) is 67.6 cm³/mol. The van der Waals surface area contributed by atoms with E-state index in [9.17, 15) is 0 Å². The lowest BCUT2D eigenvalue weighted by atomic mass is 10.0. The lowest BCUT2D eigenvalue weighted by Gasteiger charge is -2.05. The van der Waals surface area contributed by atoms with Crippen LogP contribution in [0, 0.1) is 0 Å². The first-order chi connectivity index (χ1) is 7.33. The number of rotatable bonds is 2. The maximum atomic E-state index is 5.94. The lowest BCUT2D eigenvalue weighted by Crippen LogP contribution is -1.90. The van der Waals surface area contributed by atoms with Crippen LogP contribution in [0.25, 0.3) is 16.8 Å². The number of nitrogen functional groups attached to an aromatic ring is 1. The van der Waals surface area contributed by atoms with Crippen LogP contribution >= 0.6 is 0 Å². The minimum atomic E-state index is 0.798. The van der Waals surface area contributed by atoms with Crippen molar-refractivity contribution in [1.82, 2.24) is 0 Å². The zero-order valence-corrected chi connectivity index (χ0v) is 8.48. The summed E-state index contributed by atoms with van der Waals surface area (Å²) in [4.78, 5) is 0. The lowest BCUT2D eigenvalue weighted by molar-refractivity contribution is 1.69. The smallest absolute Gasteiger partial charge is 0.0394 e. The second kappa shape index (κ2) is 4.01. The largest absolute Gasteiger partial charge is 0.398 e. The molecule has 0 aliphatic carbocycles. The van der Waals surface area contributed by atoms with Crippen LogP contribution in [0.3, 0.4) is 0 Å². The minimum Gasteiger partial charge on any atom is -0.398 e. The molecule has 0 fully saturated rings. The van der Waals surface area contributed by atoms with Gasteiger partial charge in [0.2, 0.25) is 0 Å². The topological polar surface area (TPSA) is 26.0 Å². The average Bonchev–Trinajstić information content (AvgIpc) is 2.28. The number of anilines is 1. The Balaban J connectivity index is 2.73. The molecule has 0 aliphatic rings. The fourth-order valence-electron chi connectivity index (χ4n) is 1.66. The molecule has 1 nitrogen and oxygen atoms in total. The summed E-state index contributed by atoms with van der Waals surface area (Å²) in [6.07, 6.45) is 5.64. The molecule has 2 aromatic carbocycles. The van der Waals surface area contributed by atoms with E-state index in [2.05, 4.69) is 18.7 Å². The summed E-state index contributed by atoms with van der Waals surface area (Å²) in [5.74, 6) is 0. The first-order valence-corrected chi connectivity index (χ1v) is 4.89. The van der Waals surface area contributed by atoms with Gasteiger partial charge in [0, 0.05) is 11.3 Å². The average molecular weight is 195 g/mol. The number of nitrogens with two attached hydrogens (primary N) is 1. The van der Waals surface area contributed by atoms with Gasteiger partial charge in [-0.25, -0.2) is 0 Å². The van der Waals surface area contributed by atoms with Gasteiger partial charge in [0.15, 0.2) is 0 Å². The van der Waals surface area contributed by atoms with Gasteiger partial charge in [0.25, 0.3) is 0 Å². The summed E-state index contributed by atoms with van der Waals surface area (Å²) in [6.45, 7) is 3.66. The van der Waals surface area contributed by atoms with Crippen LogP contribution in [0.1, 0.15) is 5.56 Å². The van der Waals surface area contributed by atoms with Crippen molar-refractivity contribution in [3.63, 3.8) is 0 Å². The molecule has 2 aromatic rings. The standard InChI is InChI=1S/C14H13N/c1-2-3-7-13-12-8-5-4-6-11(12)9-10-14(13)15/h2-10H,1,15H2/b7-3-. The van der Waals surface area contributed by atoms with Gasteiger partial charge in [0.05, 0.1) is 0 Å². The molecule has 1 heteroatoms. The number of allylic oxidation sites excluding steroid dienone is 2. The second-order valence-electron chi connectivity index (χ2n) is 3.38. The molecular weight excluding hydrogens is 182 g/mol. The van der Waals surface area contributed by atoms with Crippen molar-refractivity contribution in [1.29, 1.82) is 0 Å². The molecule has 0 saturated carbocycles. The second-order valence-corrected chi connectivity index (χ2v) is 3.38. The van der Waals surface area contributed by atoms with Gasteiger partial charge in [-0.2, -0.15) is 0 Å². The van der Waals surface area contributed by atoms with Crippen LogP contribution in [0.15, 0.2) is 55.1 Å². The van der Waals surface area contributed by atoms with E-state index in [1.165, 1.54) is 10.8 Å². The molecule has 2 rings (SSSR count). The highest BCUT2D eigenvalue weighted by atomic mass is 14.6. The molecule has 74 valence electrons. The van der Waals surface area contributed by atoms with E-state index in [-0.39, 0.29) is 0 Å². The highest BCUT2D eigenvalue weighted by Gasteiger charge is 2.00. The molecule has 0 radical (unpaired) electrons. The van der Waals surface area contributed by atoms with Gasteiger partial charge in [-0.3, -0.25) is 0 Å². The van der Waals surface area contributed by atoms with Gasteiger partial charge in [-0.1, -0.05) is 55.1 Å². The normalized spacial score (nSPS) is 10.9. The monoisotopic (exact) mass is 195 g/mol. The maximum absolute atomic E-state index is 5.94. The van der Waals surface area contributed by atoms with Gasteiger partial charge in [-0.15, -0.1) is 0 Å². The van der Waals surface area contributed by atoms with Gasteiger partial charge in [-0.05, 0) is 16.8 Å². The van der Waals surface area contributed by atoms with Gasteiger partial charge < -0.3 is 5.73 Å². The first-order valence-electron chi connectivity index (χ1n) is 4.89. The quantitative estimate of drug-likeness (QED) is 0.574. The number of hydrogen-bond donors (Lipinski definition) is 1. The molecule has 0 unspecified atom stereocenters. The molecule has 15 heavy (non-hydrogen) atoms. The molecule has 0 saturated heterocycles. The van der Waals surface area contributed by atoms with E-state index in [0.29, 0.717) is 0 Å². The highest BCUT2D eigenvalue weighted by molar-refractivity contribution is 5.95. The zero-order chi connectivity index (χ0) is 10.7. The Morgan fingerprint density at radius 1 is 1.07 bits per heavy atom. The van der Waals surface area contributed by atoms with E-state index in [1.807, 2.05) is 36.4 Å². The predicted octanol–water partition coefficient (Wildman–Crippen LogP) is 3.62.